The molecule has 0 N–H and O–H groups in total. The summed E-state index contributed by atoms with van der Waals surface area (Å²) >= 11 is 0. The molecule has 1 aromatic rings. The van der Waals surface area contributed by atoms with Crippen LogP contribution in [0.3, 0.4) is 0 Å². The number of halogens is 5. The molecule has 1 rings (SSSR count). The van der Waals surface area contributed by atoms with Gasteiger partial charge in [-0.25, -0.2) is 8.78 Å². The second kappa shape index (κ2) is 4.81. The third kappa shape index (κ3) is 3.51. The first-order valence-electron chi connectivity index (χ1n) is 4.77. The van der Waals surface area contributed by atoms with Crippen LogP contribution in [0.1, 0.15) is 28.8 Å². The van der Waals surface area contributed by atoms with Gasteiger partial charge in [-0.05, 0) is 18.6 Å². The average molecular weight is 252 g/mol. The van der Waals surface area contributed by atoms with E-state index in [0.717, 1.165) is 12.1 Å². The van der Waals surface area contributed by atoms with E-state index in [1.807, 2.05) is 0 Å². The topological polar surface area (TPSA) is 17.1 Å². The van der Waals surface area contributed by atoms with Crippen LogP contribution in [0.2, 0.25) is 0 Å². The summed E-state index contributed by atoms with van der Waals surface area (Å²) in [7, 11) is 0. The SMILES string of the molecule is Cc1ccc(F)c(C(=O)CCC(F)(F)F)c1F. The lowest BCUT2D eigenvalue weighted by atomic mass is 10.0. The fourth-order valence-electron chi connectivity index (χ4n) is 1.29. The molecule has 94 valence electrons. The lowest BCUT2D eigenvalue weighted by Crippen LogP contribution is -2.13. The number of ketones is 1. The highest BCUT2D eigenvalue weighted by Gasteiger charge is 2.29. The Balaban J connectivity index is 2.93. The van der Waals surface area contributed by atoms with Gasteiger partial charge in [0.2, 0.25) is 0 Å². The van der Waals surface area contributed by atoms with Crippen molar-refractivity contribution in [2.45, 2.75) is 25.9 Å². The first-order valence-corrected chi connectivity index (χ1v) is 4.77. The van der Waals surface area contributed by atoms with E-state index in [4.69, 9.17) is 0 Å². The molecule has 0 unspecified atom stereocenters. The third-order valence-electron chi connectivity index (χ3n) is 2.20. The first kappa shape index (κ1) is 13.6. The van der Waals surface area contributed by atoms with Crippen molar-refractivity contribution in [3.8, 4) is 0 Å². The smallest absolute Gasteiger partial charge is 0.294 e. The van der Waals surface area contributed by atoms with E-state index in [9.17, 15) is 26.7 Å². The number of hydrogen-bond donors (Lipinski definition) is 0. The Bertz CT molecular complexity index is 436. The van der Waals surface area contributed by atoms with Crippen molar-refractivity contribution in [1.29, 1.82) is 0 Å². The van der Waals surface area contributed by atoms with Gasteiger partial charge in [0.05, 0.1) is 12.0 Å². The monoisotopic (exact) mass is 252 g/mol. The molecule has 6 heteroatoms. The first-order chi connectivity index (χ1) is 7.72. The summed E-state index contributed by atoms with van der Waals surface area (Å²) in [6, 6.07) is 1.98. The van der Waals surface area contributed by atoms with Crippen LogP contribution in [0.15, 0.2) is 12.1 Å². The Morgan fingerprint density at radius 1 is 1.24 bits per heavy atom. The largest absolute Gasteiger partial charge is 0.389 e. The van der Waals surface area contributed by atoms with Gasteiger partial charge in [-0.1, -0.05) is 6.07 Å². The van der Waals surface area contributed by atoms with E-state index in [2.05, 4.69) is 0 Å². The van der Waals surface area contributed by atoms with Gasteiger partial charge in [0.1, 0.15) is 11.6 Å². The zero-order valence-electron chi connectivity index (χ0n) is 8.87. The van der Waals surface area contributed by atoms with E-state index in [1.54, 1.807) is 0 Å². The number of Topliss-reactive ketones (excluding diaryl/α,β-unsaturated/α-hetero) is 1. The highest BCUT2D eigenvalue weighted by molar-refractivity contribution is 5.96. The maximum absolute atomic E-state index is 13.4. The van der Waals surface area contributed by atoms with Crippen LogP contribution in [0.5, 0.6) is 0 Å². The zero-order valence-corrected chi connectivity index (χ0v) is 8.87. The zero-order chi connectivity index (χ0) is 13.2. The van der Waals surface area contributed by atoms with Crippen molar-refractivity contribution < 1.29 is 26.7 Å². The van der Waals surface area contributed by atoms with Crippen LogP contribution >= 0.6 is 0 Å². The van der Waals surface area contributed by atoms with E-state index < -0.39 is 42.0 Å². The van der Waals surface area contributed by atoms with Crippen molar-refractivity contribution in [3.05, 3.63) is 34.9 Å². The van der Waals surface area contributed by atoms with Crippen LogP contribution in [-0.4, -0.2) is 12.0 Å². The number of rotatable bonds is 3. The number of carbonyl (C=O) groups is 1. The van der Waals surface area contributed by atoms with E-state index in [0.29, 0.717) is 0 Å². The molecule has 17 heavy (non-hydrogen) atoms. The second-order valence-corrected chi connectivity index (χ2v) is 3.59. The Labute approximate surface area is 94.2 Å². The predicted molar refractivity (Wildman–Crippen MR) is 50.7 cm³/mol. The van der Waals surface area contributed by atoms with Crippen LogP contribution < -0.4 is 0 Å². The minimum atomic E-state index is -4.52. The van der Waals surface area contributed by atoms with E-state index in [1.165, 1.54) is 6.92 Å². The van der Waals surface area contributed by atoms with Crippen molar-refractivity contribution in [1.82, 2.24) is 0 Å². The standard InChI is InChI=1S/C11H9F5O/c1-6-2-3-7(12)9(10(6)13)8(17)4-5-11(14,15)16/h2-3H,4-5H2,1H3. The van der Waals surface area contributed by atoms with Gasteiger partial charge >= 0.3 is 6.18 Å². The van der Waals surface area contributed by atoms with Crippen molar-refractivity contribution in [2.24, 2.45) is 0 Å². The number of carbonyl (C=O) groups excluding carboxylic acids is 1. The normalized spacial score (nSPS) is 11.6. The van der Waals surface area contributed by atoms with E-state index >= 15 is 0 Å². The number of hydrogen-bond acceptors (Lipinski definition) is 1. The summed E-state index contributed by atoms with van der Waals surface area (Å²) in [6.45, 7) is 1.30. The maximum Gasteiger partial charge on any atom is 0.389 e. The number of aryl methyl sites for hydroxylation is 1. The minimum absolute atomic E-state index is 0.0155. The molecule has 0 fully saturated rings. The Morgan fingerprint density at radius 2 is 1.82 bits per heavy atom. The predicted octanol–water partition coefficient (Wildman–Crippen LogP) is 3.80. The van der Waals surface area contributed by atoms with Gasteiger partial charge < -0.3 is 0 Å². The summed E-state index contributed by atoms with van der Waals surface area (Å²) in [5.41, 5.74) is -0.879. The fourth-order valence-corrected chi connectivity index (χ4v) is 1.29. The molecule has 0 spiro atoms. The van der Waals surface area contributed by atoms with Crippen LogP contribution in [0.25, 0.3) is 0 Å². The highest BCUT2D eigenvalue weighted by Crippen LogP contribution is 2.24. The molecule has 0 saturated carbocycles. The van der Waals surface area contributed by atoms with Crippen molar-refractivity contribution in [3.63, 3.8) is 0 Å². The summed E-state index contributed by atoms with van der Waals surface area (Å²) in [5.74, 6) is -3.42. The molecular formula is C11H9F5O. The van der Waals surface area contributed by atoms with Gasteiger partial charge in [0.25, 0.3) is 0 Å². The summed E-state index contributed by atoms with van der Waals surface area (Å²) in [5, 5.41) is 0. The van der Waals surface area contributed by atoms with Crippen molar-refractivity contribution >= 4 is 5.78 Å². The fraction of sp³-hybridized carbons (Fsp3) is 0.364. The van der Waals surface area contributed by atoms with Crippen LogP contribution in [0.4, 0.5) is 22.0 Å². The number of alkyl halides is 3. The summed E-state index contributed by atoms with van der Waals surface area (Å²) in [6.07, 6.45) is -6.87. The minimum Gasteiger partial charge on any atom is -0.294 e. The molecule has 0 saturated heterocycles. The van der Waals surface area contributed by atoms with Crippen LogP contribution in [0, 0.1) is 18.6 Å². The lowest BCUT2D eigenvalue weighted by Gasteiger charge is -2.08. The van der Waals surface area contributed by atoms with E-state index in [-0.39, 0.29) is 5.56 Å². The molecule has 1 nitrogen and oxygen atoms in total. The molecule has 0 aliphatic heterocycles. The quantitative estimate of drug-likeness (QED) is 0.590. The molecule has 1 aromatic carbocycles. The number of benzene rings is 1. The average Bonchev–Trinajstić information content (AvgIpc) is 2.20. The Hall–Kier alpha value is -1.46. The highest BCUT2D eigenvalue weighted by atomic mass is 19.4. The van der Waals surface area contributed by atoms with Crippen molar-refractivity contribution in [2.75, 3.05) is 0 Å². The molecule has 0 heterocycles. The van der Waals surface area contributed by atoms with Gasteiger partial charge in [0.15, 0.2) is 5.78 Å². The molecule has 0 bridgehead atoms. The Morgan fingerprint density at radius 3 is 2.35 bits per heavy atom. The van der Waals surface area contributed by atoms with Gasteiger partial charge in [-0.3, -0.25) is 4.79 Å². The molecule has 0 amide bonds. The molecular weight excluding hydrogens is 243 g/mol. The maximum atomic E-state index is 13.4. The summed E-state index contributed by atoms with van der Waals surface area (Å²) < 4.78 is 62.2. The van der Waals surface area contributed by atoms with Crippen LogP contribution in [-0.2, 0) is 0 Å². The lowest BCUT2D eigenvalue weighted by molar-refractivity contribution is -0.133. The third-order valence-corrected chi connectivity index (χ3v) is 2.20. The molecule has 0 atom stereocenters. The van der Waals surface area contributed by atoms with Gasteiger partial charge in [-0.15, -0.1) is 0 Å². The molecule has 0 aromatic heterocycles. The van der Waals surface area contributed by atoms with Gasteiger partial charge in [0, 0.05) is 6.42 Å². The summed E-state index contributed by atoms with van der Waals surface area (Å²) in [4.78, 5) is 11.3. The Kier molecular flexibility index (Phi) is 3.85. The second-order valence-electron chi connectivity index (χ2n) is 3.59. The molecule has 0 aliphatic rings. The molecule has 0 radical (unpaired) electrons. The molecule has 0 aliphatic carbocycles. The van der Waals surface area contributed by atoms with Gasteiger partial charge in [-0.2, -0.15) is 13.2 Å².